The molecule has 0 radical (unpaired) electrons. The van der Waals surface area contributed by atoms with Gasteiger partial charge in [-0.2, -0.15) is 0 Å². The summed E-state index contributed by atoms with van der Waals surface area (Å²) in [6.45, 7) is 8.40. The number of rotatable bonds is 6. The van der Waals surface area contributed by atoms with E-state index in [1.807, 2.05) is 24.3 Å². The van der Waals surface area contributed by atoms with Crippen LogP contribution in [0.3, 0.4) is 0 Å². The number of nitrogens with one attached hydrogen (secondary N) is 1. The van der Waals surface area contributed by atoms with Crippen LogP contribution in [0.2, 0.25) is 0 Å². The Kier molecular flexibility index (Phi) is 5.74. The molecule has 0 aromatic heterocycles. The number of likely N-dealkylation sites (tertiary alicyclic amines) is 1. The minimum Gasteiger partial charge on any atom is -0.368 e. The maximum Gasteiger partial charge on any atom is 0.288 e. The molecule has 1 aromatic rings. The van der Waals surface area contributed by atoms with E-state index >= 15 is 0 Å². The maximum absolute atomic E-state index is 12.7. The Morgan fingerprint density at radius 2 is 1.88 bits per heavy atom. The molecule has 2 heterocycles. The van der Waals surface area contributed by atoms with Gasteiger partial charge < -0.3 is 15.1 Å². The lowest BCUT2D eigenvalue weighted by atomic mass is 9.96. The third-order valence-electron chi connectivity index (χ3n) is 5.33. The molecule has 5 nitrogen and oxygen atoms in total. The van der Waals surface area contributed by atoms with Gasteiger partial charge in [0, 0.05) is 31.4 Å². The van der Waals surface area contributed by atoms with Crippen LogP contribution in [-0.4, -0.2) is 55.4 Å². The summed E-state index contributed by atoms with van der Waals surface area (Å²) in [5, 5.41) is 2.83. The topological polar surface area (TPSA) is 52.7 Å². The van der Waals surface area contributed by atoms with E-state index in [4.69, 9.17) is 0 Å². The number of Topliss-reactive ketones (excluding diaryl/α,β-unsaturated/α-hetero) is 1. The molecule has 1 saturated heterocycles. The number of anilines is 1. The standard InChI is InChI=1S/C20H29N3O2/c1-15(2)23-14-17(16-8-4-5-9-18(16)23)19(24)20(25)21-10-13-22-11-6-3-7-12-22/h4-5,8-9,15,17H,3,6-7,10-14H2,1-2H3,(H,21,25). The van der Waals surface area contributed by atoms with Gasteiger partial charge in [0.2, 0.25) is 5.78 Å². The van der Waals surface area contributed by atoms with Crippen LogP contribution in [-0.2, 0) is 9.59 Å². The molecule has 5 heteroatoms. The fourth-order valence-electron chi connectivity index (χ4n) is 3.91. The summed E-state index contributed by atoms with van der Waals surface area (Å²) in [7, 11) is 0. The Bertz CT molecular complexity index is 623. The predicted molar refractivity (Wildman–Crippen MR) is 100.0 cm³/mol. The molecular weight excluding hydrogens is 314 g/mol. The summed E-state index contributed by atoms with van der Waals surface area (Å²) in [4.78, 5) is 29.6. The van der Waals surface area contributed by atoms with E-state index < -0.39 is 5.91 Å². The number of hydrogen-bond donors (Lipinski definition) is 1. The quantitative estimate of drug-likeness (QED) is 0.805. The first kappa shape index (κ1) is 17.9. The number of piperidine rings is 1. The molecule has 3 rings (SSSR count). The molecule has 1 amide bonds. The van der Waals surface area contributed by atoms with Gasteiger partial charge in [-0.1, -0.05) is 24.6 Å². The van der Waals surface area contributed by atoms with Gasteiger partial charge in [-0.15, -0.1) is 0 Å². The van der Waals surface area contributed by atoms with E-state index in [-0.39, 0.29) is 11.7 Å². The highest BCUT2D eigenvalue weighted by Gasteiger charge is 2.37. The first-order chi connectivity index (χ1) is 12.1. The Morgan fingerprint density at radius 1 is 1.16 bits per heavy atom. The van der Waals surface area contributed by atoms with Crippen molar-refractivity contribution in [2.75, 3.05) is 37.6 Å². The van der Waals surface area contributed by atoms with Crippen LogP contribution < -0.4 is 10.2 Å². The Labute approximate surface area is 150 Å². The number of carbonyl (C=O) groups is 2. The summed E-state index contributed by atoms with van der Waals surface area (Å²) in [6, 6.07) is 8.25. The van der Waals surface area contributed by atoms with Gasteiger partial charge in [0.25, 0.3) is 5.91 Å². The molecule has 136 valence electrons. The maximum atomic E-state index is 12.7. The van der Waals surface area contributed by atoms with Crippen molar-refractivity contribution in [2.45, 2.75) is 45.1 Å². The molecule has 1 atom stereocenters. The molecule has 0 saturated carbocycles. The molecule has 0 bridgehead atoms. The number of para-hydroxylation sites is 1. The number of hydrogen-bond acceptors (Lipinski definition) is 4. The second-order valence-corrected chi connectivity index (χ2v) is 7.38. The van der Waals surface area contributed by atoms with Gasteiger partial charge in [-0.25, -0.2) is 0 Å². The first-order valence-corrected chi connectivity index (χ1v) is 9.48. The van der Waals surface area contributed by atoms with Crippen LogP contribution in [0.15, 0.2) is 24.3 Å². The smallest absolute Gasteiger partial charge is 0.288 e. The van der Waals surface area contributed by atoms with Gasteiger partial charge in [0.1, 0.15) is 0 Å². The van der Waals surface area contributed by atoms with Crippen LogP contribution >= 0.6 is 0 Å². The summed E-state index contributed by atoms with van der Waals surface area (Å²) >= 11 is 0. The zero-order chi connectivity index (χ0) is 17.8. The largest absolute Gasteiger partial charge is 0.368 e. The first-order valence-electron chi connectivity index (χ1n) is 9.48. The fraction of sp³-hybridized carbons (Fsp3) is 0.600. The number of nitrogens with zero attached hydrogens (tertiary/aromatic N) is 2. The summed E-state index contributed by atoms with van der Waals surface area (Å²) < 4.78 is 0. The van der Waals surface area contributed by atoms with Crippen LogP contribution in [0, 0.1) is 0 Å². The minimum atomic E-state index is -0.442. The van der Waals surface area contributed by atoms with Crippen LogP contribution in [0.5, 0.6) is 0 Å². The predicted octanol–water partition coefficient (Wildman–Crippen LogP) is 2.17. The van der Waals surface area contributed by atoms with Crippen molar-refractivity contribution >= 4 is 17.4 Å². The van der Waals surface area contributed by atoms with Gasteiger partial charge in [-0.05, 0) is 51.4 Å². The highest BCUT2D eigenvalue weighted by atomic mass is 16.2. The SMILES string of the molecule is CC(C)N1CC(C(=O)C(=O)NCCN2CCCCC2)c2ccccc21. The lowest BCUT2D eigenvalue weighted by Gasteiger charge is -2.26. The van der Waals surface area contributed by atoms with Crippen molar-refractivity contribution in [3.05, 3.63) is 29.8 Å². The van der Waals surface area contributed by atoms with Crippen molar-refractivity contribution in [3.63, 3.8) is 0 Å². The van der Waals surface area contributed by atoms with Crippen molar-refractivity contribution in [2.24, 2.45) is 0 Å². The van der Waals surface area contributed by atoms with Crippen molar-refractivity contribution in [1.29, 1.82) is 0 Å². The van der Waals surface area contributed by atoms with Gasteiger partial charge in [0.05, 0.1) is 5.92 Å². The number of benzene rings is 1. The molecular formula is C20H29N3O2. The molecule has 1 unspecified atom stereocenters. The lowest BCUT2D eigenvalue weighted by molar-refractivity contribution is -0.138. The van der Waals surface area contributed by atoms with E-state index in [1.165, 1.54) is 19.3 Å². The van der Waals surface area contributed by atoms with E-state index in [0.29, 0.717) is 19.1 Å². The van der Waals surface area contributed by atoms with E-state index in [2.05, 4.69) is 29.0 Å². The van der Waals surface area contributed by atoms with Gasteiger partial charge >= 0.3 is 0 Å². The average molecular weight is 343 g/mol. The van der Waals surface area contributed by atoms with Crippen molar-refractivity contribution < 1.29 is 9.59 Å². The second kappa shape index (κ2) is 8.00. The Hall–Kier alpha value is -1.88. The molecule has 1 aromatic carbocycles. The zero-order valence-corrected chi connectivity index (χ0v) is 15.3. The van der Waals surface area contributed by atoms with Crippen LogP contribution in [0.4, 0.5) is 5.69 Å². The van der Waals surface area contributed by atoms with Crippen LogP contribution in [0.25, 0.3) is 0 Å². The van der Waals surface area contributed by atoms with Crippen LogP contribution in [0.1, 0.15) is 44.6 Å². The molecule has 2 aliphatic heterocycles. The van der Waals surface area contributed by atoms with E-state index in [1.54, 1.807) is 0 Å². The number of ketones is 1. The Morgan fingerprint density at radius 3 is 2.60 bits per heavy atom. The monoisotopic (exact) mass is 343 g/mol. The number of amides is 1. The van der Waals surface area contributed by atoms with Crippen molar-refractivity contribution in [3.8, 4) is 0 Å². The van der Waals surface area contributed by atoms with E-state index in [0.717, 1.165) is 30.9 Å². The summed E-state index contributed by atoms with van der Waals surface area (Å²) in [5.41, 5.74) is 2.06. The molecule has 2 aliphatic rings. The normalized spacial score (nSPS) is 20.6. The third-order valence-corrected chi connectivity index (χ3v) is 5.33. The molecule has 1 fully saturated rings. The van der Waals surface area contributed by atoms with Gasteiger partial charge in [0.15, 0.2) is 0 Å². The lowest BCUT2D eigenvalue weighted by Crippen LogP contribution is -2.42. The fourth-order valence-corrected chi connectivity index (χ4v) is 3.91. The third kappa shape index (κ3) is 4.03. The second-order valence-electron chi connectivity index (χ2n) is 7.38. The Balaban J connectivity index is 1.58. The number of fused-ring (bicyclic) bond motifs is 1. The minimum absolute atomic E-state index is 0.307. The van der Waals surface area contributed by atoms with Gasteiger partial charge in [-0.3, -0.25) is 9.59 Å². The van der Waals surface area contributed by atoms with Crippen molar-refractivity contribution in [1.82, 2.24) is 10.2 Å². The average Bonchev–Trinajstić information content (AvgIpc) is 3.02. The number of carbonyl (C=O) groups excluding carboxylic acids is 2. The highest BCUT2D eigenvalue weighted by molar-refractivity contribution is 6.38. The summed E-state index contributed by atoms with van der Waals surface area (Å²) in [5.74, 6) is -1.11. The highest BCUT2D eigenvalue weighted by Crippen LogP contribution is 2.37. The molecule has 0 aliphatic carbocycles. The molecule has 0 spiro atoms. The molecule has 25 heavy (non-hydrogen) atoms. The van der Waals surface area contributed by atoms with E-state index in [9.17, 15) is 9.59 Å². The molecule has 1 N–H and O–H groups in total. The summed E-state index contributed by atoms with van der Waals surface area (Å²) in [6.07, 6.45) is 3.77. The zero-order valence-electron chi connectivity index (χ0n) is 15.3.